The highest BCUT2D eigenvalue weighted by molar-refractivity contribution is 5.26. The average molecular weight is 248 g/mol. The number of nitrogens with one attached hydrogen (secondary N) is 1. The first-order valence-corrected chi connectivity index (χ1v) is 6.90. The molecule has 0 aliphatic rings. The number of nitrogens with zero attached hydrogens (tertiary/aromatic N) is 1. The van der Waals surface area contributed by atoms with E-state index < -0.39 is 0 Å². The van der Waals surface area contributed by atoms with E-state index in [1.807, 2.05) is 0 Å². The molecule has 0 heterocycles. The van der Waals surface area contributed by atoms with E-state index in [-0.39, 0.29) is 0 Å². The highest BCUT2D eigenvalue weighted by Gasteiger charge is 2.10. The molecule has 0 aliphatic carbocycles. The van der Waals surface area contributed by atoms with E-state index in [2.05, 4.69) is 76.3 Å². The maximum Gasteiger partial charge on any atom is 0.0294 e. The van der Waals surface area contributed by atoms with Gasteiger partial charge in [-0.15, -0.1) is 0 Å². The number of hydrogen-bond acceptors (Lipinski definition) is 2. The van der Waals surface area contributed by atoms with Crippen LogP contribution in [0.4, 0.5) is 0 Å². The maximum absolute atomic E-state index is 3.63. The van der Waals surface area contributed by atoms with E-state index in [4.69, 9.17) is 0 Å². The minimum Gasteiger partial charge on any atom is -0.308 e. The van der Waals surface area contributed by atoms with Crippen molar-refractivity contribution in [1.82, 2.24) is 10.2 Å². The third kappa shape index (κ3) is 4.79. The second-order valence-electron chi connectivity index (χ2n) is 5.87. The summed E-state index contributed by atoms with van der Waals surface area (Å²) in [5, 5.41) is 3.63. The number of benzene rings is 1. The minimum absolute atomic E-state index is 0.404. The first-order valence-electron chi connectivity index (χ1n) is 6.90. The molecule has 2 atom stereocenters. The van der Waals surface area contributed by atoms with Crippen LogP contribution in [0.5, 0.6) is 0 Å². The van der Waals surface area contributed by atoms with Crippen LogP contribution >= 0.6 is 0 Å². The van der Waals surface area contributed by atoms with Crippen LogP contribution < -0.4 is 5.32 Å². The molecular formula is C16H28N2. The van der Waals surface area contributed by atoms with Crippen molar-refractivity contribution < 1.29 is 0 Å². The maximum atomic E-state index is 3.63. The Morgan fingerprint density at radius 2 is 1.44 bits per heavy atom. The van der Waals surface area contributed by atoms with Gasteiger partial charge in [0, 0.05) is 18.6 Å². The molecule has 1 aromatic rings. The fourth-order valence-electron chi connectivity index (χ4n) is 2.29. The summed E-state index contributed by atoms with van der Waals surface area (Å²) in [5.74, 6) is 0.606. The average Bonchev–Trinajstić information content (AvgIpc) is 2.27. The molecule has 0 bridgehead atoms. The van der Waals surface area contributed by atoms with Gasteiger partial charge in [-0.25, -0.2) is 0 Å². The molecule has 102 valence electrons. The standard InChI is InChI=1S/C16H28N2/c1-12(2)15-7-9-16(10-8-15)14(4)17-13(3)11-18(5)6/h7-10,12-14,17H,11H2,1-6H3. The largest absolute Gasteiger partial charge is 0.308 e. The smallest absolute Gasteiger partial charge is 0.0294 e. The molecule has 2 nitrogen and oxygen atoms in total. The molecule has 1 aromatic carbocycles. The van der Waals surface area contributed by atoms with Crippen molar-refractivity contribution in [2.24, 2.45) is 0 Å². The zero-order valence-electron chi connectivity index (χ0n) is 12.7. The van der Waals surface area contributed by atoms with Gasteiger partial charge in [0.05, 0.1) is 0 Å². The van der Waals surface area contributed by atoms with Gasteiger partial charge in [0.1, 0.15) is 0 Å². The minimum atomic E-state index is 0.404. The first kappa shape index (κ1) is 15.2. The Morgan fingerprint density at radius 1 is 0.944 bits per heavy atom. The van der Waals surface area contributed by atoms with Gasteiger partial charge in [-0.2, -0.15) is 0 Å². The second-order valence-corrected chi connectivity index (χ2v) is 5.87. The summed E-state index contributed by atoms with van der Waals surface area (Å²) in [6, 6.07) is 9.88. The molecular weight excluding hydrogens is 220 g/mol. The van der Waals surface area contributed by atoms with Crippen LogP contribution in [0.3, 0.4) is 0 Å². The van der Waals surface area contributed by atoms with Crippen LogP contribution in [-0.4, -0.2) is 31.6 Å². The summed E-state index contributed by atoms with van der Waals surface area (Å²) in [6.45, 7) is 10.00. The molecule has 0 amide bonds. The predicted molar refractivity (Wildman–Crippen MR) is 80.1 cm³/mol. The third-order valence-electron chi connectivity index (χ3n) is 3.28. The van der Waals surface area contributed by atoms with E-state index in [0.29, 0.717) is 18.0 Å². The van der Waals surface area contributed by atoms with Crippen molar-refractivity contribution in [3.8, 4) is 0 Å². The molecule has 0 aliphatic heterocycles. The Kier molecular flexibility index (Phi) is 5.83. The van der Waals surface area contributed by atoms with Gasteiger partial charge in [0.2, 0.25) is 0 Å². The summed E-state index contributed by atoms with van der Waals surface area (Å²) in [4.78, 5) is 2.21. The van der Waals surface area contributed by atoms with Crippen LogP contribution in [0.25, 0.3) is 0 Å². The van der Waals surface area contributed by atoms with Gasteiger partial charge in [-0.1, -0.05) is 38.1 Å². The van der Waals surface area contributed by atoms with E-state index in [9.17, 15) is 0 Å². The predicted octanol–water partition coefficient (Wildman–Crippen LogP) is 3.41. The molecule has 0 radical (unpaired) electrons. The molecule has 0 spiro atoms. The van der Waals surface area contributed by atoms with Crippen molar-refractivity contribution >= 4 is 0 Å². The van der Waals surface area contributed by atoms with Gasteiger partial charge in [0.15, 0.2) is 0 Å². The molecule has 0 saturated carbocycles. The lowest BCUT2D eigenvalue weighted by Gasteiger charge is -2.23. The Labute approximate surface area is 112 Å². The van der Waals surface area contributed by atoms with Gasteiger partial charge >= 0.3 is 0 Å². The zero-order valence-corrected chi connectivity index (χ0v) is 12.7. The second kappa shape index (κ2) is 6.91. The van der Waals surface area contributed by atoms with Crippen LogP contribution in [0.1, 0.15) is 50.8 Å². The molecule has 18 heavy (non-hydrogen) atoms. The number of rotatable bonds is 6. The lowest BCUT2D eigenvalue weighted by Crippen LogP contribution is -2.37. The summed E-state index contributed by atoms with van der Waals surface area (Å²) in [6.07, 6.45) is 0. The van der Waals surface area contributed by atoms with Gasteiger partial charge in [-0.05, 0) is 45.0 Å². The molecule has 0 saturated heterocycles. The van der Waals surface area contributed by atoms with Crippen LogP contribution in [0.15, 0.2) is 24.3 Å². The summed E-state index contributed by atoms with van der Waals surface area (Å²) >= 11 is 0. The van der Waals surface area contributed by atoms with Crippen molar-refractivity contribution in [3.63, 3.8) is 0 Å². The van der Waals surface area contributed by atoms with E-state index >= 15 is 0 Å². The molecule has 0 aromatic heterocycles. The summed E-state index contributed by atoms with van der Waals surface area (Å²) < 4.78 is 0. The molecule has 0 fully saturated rings. The van der Waals surface area contributed by atoms with Crippen LogP contribution in [0.2, 0.25) is 0 Å². The lowest BCUT2D eigenvalue weighted by molar-refractivity contribution is 0.334. The third-order valence-corrected chi connectivity index (χ3v) is 3.28. The Balaban J connectivity index is 2.58. The first-order chi connectivity index (χ1) is 8.40. The molecule has 1 rings (SSSR count). The van der Waals surface area contributed by atoms with Gasteiger partial charge < -0.3 is 10.2 Å². The highest BCUT2D eigenvalue weighted by atomic mass is 15.1. The molecule has 2 unspecified atom stereocenters. The topological polar surface area (TPSA) is 15.3 Å². The van der Waals surface area contributed by atoms with E-state index in [0.717, 1.165) is 6.54 Å². The van der Waals surface area contributed by atoms with E-state index in [1.165, 1.54) is 11.1 Å². The van der Waals surface area contributed by atoms with E-state index in [1.54, 1.807) is 0 Å². The lowest BCUT2D eigenvalue weighted by atomic mass is 9.99. The van der Waals surface area contributed by atoms with Crippen molar-refractivity contribution in [1.29, 1.82) is 0 Å². The van der Waals surface area contributed by atoms with Crippen molar-refractivity contribution in [2.75, 3.05) is 20.6 Å². The zero-order chi connectivity index (χ0) is 13.7. The normalized spacial score (nSPS) is 15.1. The SMILES string of the molecule is CC(CN(C)C)NC(C)c1ccc(C(C)C)cc1. The fraction of sp³-hybridized carbons (Fsp3) is 0.625. The quantitative estimate of drug-likeness (QED) is 0.830. The molecule has 2 heteroatoms. The van der Waals surface area contributed by atoms with Gasteiger partial charge in [0.25, 0.3) is 0 Å². The summed E-state index contributed by atoms with van der Waals surface area (Å²) in [7, 11) is 4.22. The van der Waals surface area contributed by atoms with Gasteiger partial charge in [-0.3, -0.25) is 0 Å². The van der Waals surface area contributed by atoms with Crippen LogP contribution in [-0.2, 0) is 0 Å². The van der Waals surface area contributed by atoms with Crippen molar-refractivity contribution in [3.05, 3.63) is 35.4 Å². The summed E-state index contributed by atoms with van der Waals surface area (Å²) in [5.41, 5.74) is 2.78. The Morgan fingerprint density at radius 3 is 1.89 bits per heavy atom. The monoisotopic (exact) mass is 248 g/mol. The Bertz CT molecular complexity index is 341. The van der Waals surface area contributed by atoms with Crippen molar-refractivity contribution in [2.45, 2.75) is 45.7 Å². The molecule has 1 N–H and O–H groups in total. The Hall–Kier alpha value is -0.860. The number of likely N-dealkylation sites (N-methyl/N-ethyl adjacent to an activating group) is 1. The number of hydrogen-bond donors (Lipinski definition) is 1. The highest BCUT2D eigenvalue weighted by Crippen LogP contribution is 2.18. The van der Waals surface area contributed by atoms with Crippen LogP contribution in [0, 0.1) is 0 Å². The fourth-order valence-corrected chi connectivity index (χ4v) is 2.29.